The third-order valence-corrected chi connectivity index (χ3v) is 6.62. The summed E-state index contributed by atoms with van der Waals surface area (Å²) in [5.74, 6) is 0.837. The molecule has 0 spiro atoms. The summed E-state index contributed by atoms with van der Waals surface area (Å²) in [7, 11) is 0. The van der Waals surface area contributed by atoms with Gasteiger partial charge in [0.15, 0.2) is 0 Å². The van der Waals surface area contributed by atoms with Gasteiger partial charge in [-0.05, 0) is 52.8 Å². The molecule has 3 aromatic carbocycles. The van der Waals surface area contributed by atoms with E-state index in [2.05, 4.69) is 72.1 Å². The molecule has 0 unspecified atom stereocenters. The standard InChI is InChI=1S/C24H19Cl2N/c25-21-11-5-10-19(23(21)26)24-18-9-4-8-17(18)20-14-16(12-13-22(20)27-24)15-6-2-1-3-7-15/h1-8,10-14,17-18,24,27H,9H2/t17-,18+,24-/m1/s1. The minimum Gasteiger partial charge on any atom is -0.378 e. The fourth-order valence-corrected chi connectivity index (χ4v) is 4.90. The quantitative estimate of drug-likeness (QED) is 0.446. The number of rotatable bonds is 2. The van der Waals surface area contributed by atoms with Gasteiger partial charge >= 0.3 is 0 Å². The van der Waals surface area contributed by atoms with Crippen molar-refractivity contribution in [1.29, 1.82) is 0 Å². The van der Waals surface area contributed by atoms with Crippen molar-refractivity contribution in [2.45, 2.75) is 18.4 Å². The molecule has 1 nitrogen and oxygen atoms in total. The van der Waals surface area contributed by atoms with E-state index < -0.39 is 0 Å². The summed E-state index contributed by atoms with van der Waals surface area (Å²) in [5, 5.41) is 5.02. The molecule has 0 fully saturated rings. The number of benzene rings is 3. The Bertz CT molecular complexity index is 1030. The first-order valence-electron chi connectivity index (χ1n) is 9.29. The van der Waals surface area contributed by atoms with E-state index in [4.69, 9.17) is 23.2 Å². The first-order chi connectivity index (χ1) is 13.2. The van der Waals surface area contributed by atoms with Crippen LogP contribution >= 0.6 is 23.2 Å². The van der Waals surface area contributed by atoms with Crippen LogP contribution in [0.4, 0.5) is 5.69 Å². The van der Waals surface area contributed by atoms with E-state index >= 15 is 0 Å². The highest BCUT2D eigenvalue weighted by molar-refractivity contribution is 6.42. The molecule has 0 aromatic heterocycles. The van der Waals surface area contributed by atoms with E-state index in [1.54, 1.807) is 0 Å². The molecule has 2 aliphatic rings. The number of nitrogens with one attached hydrogen (secondary N) is 1. The predicted molar refractivity (Wildman–Crippen MR) is 115 cm³/mol. The minimum absolute atomic E-state index is 0.159. The highest BCUT2D eigenvalue weighted by atomic mass is 35.5. The molecule has 0 bridgehead atoms. The first-order valence-corrected chi connectivity index (χ1v) is 10.0. The van der Waals surface area contributed by atoms with E-state index in [1.165, 1.54) is 22.4 Å². The zero-order valence-corrected chi connectivity index (χ0v) is 16.2. The van der Waals surface area contributed by atoms with Gasteiger partial charge in [-0.2, -0.15) is 0 Å². The van der Waals surface area contributed by atoms with Crippen LogP contribution in [0.3, 0.4) is 0 Å². The van der Waals surface area contributed by atoms with Crippen molar-refractivity contribution in [2.24, 2.45) is 5.92 Å². The Morgan fingerprint density at radius 1 is 0.815 bits per heavy atom. The molecule has 0 radical (unpaired) electrons. The second kappa shape index (κ2) is 6.74. The number of anilines is 1. The molecule has 27 heavy (non-hydrogen) atoms. The lowest BCUT2D eigenvalue weighted by molar-refractivity contribution is 0.426. The molecule has 134 valence electrons. The van der Waals surface area contributed by atoms with Crippen LogP contribution in [-0.2, 0) is 0 Å². The Balaban J connectivity index is 1.59. The van der Waals surface area contributed by atoms with Gasteiger partial charge in [0.05, 0.1) is 16.1 Å². The van der Waals surface area contributed by atoms with Crippen molar-refractivity contribution in [3.05, 3.63) is 100 Å². The fraction of sp³-hybridized carbons (Fsp3) is 0.167. The Hall–Kier alpha value is -2.22. The van der Waals surface area contributed by atoms with Crippen LogP contribution in [0.1, 0.15) is 29.5 Å². The van der Waals surface area contributed by atoms with Gasteiger partial charge < -0.3 is 5.32 Å². The molecule has 1 aliphatic heterocycles. The highest BCUT2D eigenvalue weighted by Gasteiger charge is 2.38. The molecule has 3 atom stereocenters. The maximum absolute atomic E-state index is 6.56. The Morgan fingerprint density at radius 3 is 2.52 bits per heavy atom. The van der Waals surface area contributed by atoms with Crippen molar-refractivity contribution >= 4 is 28.9 Å². The van der Waals surface area contributed by atoms with Crippen molar-refractivity contribution in [2.75, 3.05) is 5.32 Å². The van der Waals surface area contributed by atoms with Gasteiger partial charge in [-0.15, -0.1) is 0 Å². The molecule has 0 saturated heterocycles. The molecule has 5 rings (SSSR count). The van der Waals surface area contributed by atoms with E-state index in [0.29, 0.717) is 21.9 Å². The van der Waals surface area contributed by atoms with Crippen molar-refractivity contribution in [3.63, 3.8) is 0 Å². The molecule has 1 N–H and O–H groups in total. The van der Waals surface area contributed by atoms with Crippen LogP contribution in [0.15, 0.2) is 78.9 Å². The Morgan fingerprint density at radius 2 is 1.67 bits per heavy atom. The topological polar surface area (TPSA) is 12.0 Å². The zero-order valence-electron chi connectivity index (χ0n) is 14.7. The maximum Gasteiger partial charge on any atom is 0.0645 e. The number of halogens is 2. The van der Waals surface area contributed by atoms with Crippen LogP contribution in [0.25, 0.3) is 11.1 Å². The van der Waals surface area contributed by atoms with Gasteiger partial charge in [0.2, 0.25) is 0 Å². The Labute approximate surface area is 169 Å². The smallest absolute Gasteiger partial charge is 0.0645 e. The van der Waals surface area contributed by atoms with E-state index in [9.17, 15) is 0 Å². The third-order valence-electron chi connectivity index (χ3n) is 5.79. The second-order valence-corrected chi connectivity index (χ2v) is 8.07. The summed E-state index contributed by atoms with van der Waals surface area (Å²) in [6.45, 7) is 0. The molecule has 1 heterocycles. The second-order valence-electron chi connectivity index (χ2n) is 7.29. The van der Waals surface area contributed by atoms with Crippen LogP contribution in [-0.4, -0.2) is 0 Å². The minimum atomic E-state index is 0.159. The van der Waals surface area contributed by atoms with Crippen LogP contribution in [0, 0.1) is 5.92 Å². The van der Waals surface area contributed by atoms with Gasteiger partial charge in [0.1, 0.15) is 0 Å². The molecule has 3 heteroatoms. The summed E-state index contributed by atoms with van der Waals surface area (Å²) < 4.78 is 0. The average Bonchev–Trinajstić information content (AvgIpc) is 3.20. The molecule has 3 aromatic rings. The van der Waals surface area contributed by atoms with Gasteiger partial charge in [-0.3, -0.25) is 0 Å². The number of hydrogen-bond donors (Lipinski definition) is 1. The molecular weight excluding hydrogens is 373 g/mol. The van der Waals surface area contributed by atoms with Crippen molar-refractivity contribution in [3.8, 4) is 11.1 Å². The zero-order chi connectivity index (χ0) is 18.4. The summed E-state index contributed by atoms with van der Waals surface area (Å²) in [6.07, 6.45) is 5.69. The summed E-state index contributed by atoms with van der Waals surface area (Å²) in [4.78, 5) is 0. The lowest BCUT2D eigenvalue weighted by atomic mass is 9.76. The van der Waals surface area contributed by atoms with Crippen LogP contribution in [0.5, 0.6) is 0 Å². The first kappa shape index (κ1) is 16.9. The van der Waals surface area contributed by atoms with Gasteiger partial charge in [-0.25, -0.2) is 0 Å². The van der Waals surface area contributed by atoms with E-state index in [1.807, 2.05) is 12.1 Å². The molecule has 0 amide bonds. The average molecular weight is 392 g/mol. The lowest BCUT2D eigenvalue weighted by Gasteiger charge is -2.38. The van der Waals surface area contributed by atoms with Crippen LogP contribution in [0.2, 0.25) is 10.0 Å². The predicted octanol–water partition coefficient (Wildman–Crippen LogP) is 7.49. The monoisotopic (exact) mass is 391 g/mol. The normalized spacial score (nSPS) is 22.8. The van der Waals surface area contributed by atoms with Crippen LogP contribution < -0.4 is 5.32 Å². The van der Waals surface area contributed by atoms with Gasteiger partial charge in [-0.1, -0.05) is 83.9 Å². The number of fused-ring (bicyclic) bond motifs is 3. The highest BCUT2D eigenvalue weighted by Crippen LogP contribution is 2.51. The number of allylic oxidation sites excluding steroid dienone is 2. The molecular formula is C24H19Cl2N. The summed E-state index contributed by atoms with van der Waals surface area (Å²) in [6, 6.07) is 23.4. The Kier molecular flexibility index (Phi) is 4.22. The molecule has 1 aliphatic carbocycles. The summed E-state index contributed by atoms with van der Waals surface area (Å²) in [5.41, 5.74) is 6.14. The largest absolute Gasteiger partial charge is 0.378 e. The summed E-state index contributed by atoms with van der Waals surface area (Å²) >= 11 is 12.8. The maximum atomic E-state index is 6.56. The van der Waals surface area contributed by atoms with E-state index in [-0.39, 0.29) is 6.04 Å². The SMILES string of the molecule is Clc1cccc([C@@H]2Nc3ccc(-c4ccccc4)cc3[C@@H]3C=CC[C@@H]32)c1Cl. The van der Waals surface area contributed by atoms with Crippen molar-refractivity contribution < 1.29 is 0 Å². The van der Waals surface area contributed by atoms with Gasteiger partial charge in [0, 0.05) is 11.6 Å². The molecule has 0 saturated carbocycles. The number of hydrogen-bond acceptors (Lipinski definition) is 1. The third kappa shape index (κ3) is 2.86. The van der Waals surface area contributed by atoms with Gasteiger partial charge in [0.25, 0.3) is 0 Å². The van der Waals surface area contributed by atoms with E-state index in [0.717, 1.165) is 12.0 Å². The fourth-order valence-electron chi connectivity index (χ4n) is 4.47. The van der Waals surface area contributed by atoms with Crippen molar-refractivity contribution in [1.82, 2.24) is 0 Å². The lowest BCUT2D eigenvalue weighted by Crippen LogP contribution is -2.29.